The van der Waals surface area contributed by atoms with Gasteiger partial charge in [-0.25, -0.2) is 4.99 Å². The quantitative estimate of drug-likeness (QED) is 0.323. The first kappa shape index (κ1) is 23.9. The van der Waals surface area contributed by atoms with E-state index in [1.54, 1.807) is 0 Å². The molecule has 0 bridgehead atoms. The van der Waals surface area contributed by atoms with Crippen LogP contribution in [0.1, 0.15) is 44.8 Å². The molecule has 2 fully saturated rings. The molecule has 1 aromatic rings. The van der Waals surface area contributed by atoms with E-state index in [0.29, 0.717) is 18.5 Å². The zero-order valence-electron chi connectivity index (χ0n) is 19.9. The number of nitrogens with zero attached hydrogens (tertiary/aromatic N) is 6. The van der Waals surface area contributed by atoms with Gasteiger partial charge in [0, 0.05) is 45.8 Å². The zero-order chi connectivity index (χ0) is 22.1. The molecule has 0 aromatic carbocycles. The standard InChI is InChI=1S/C22H42N8O/c1-18(2)17-30-10-5-7-20(30)15-24-22(25-16-21-27-26-19(3)28(21)4)23-8-6-9-29-11-13-31-14-12-29/h18,20H,5-17H2,1-4H3,(H2,23,24,25)/t20-/m1/s1. The second-order valence-corrected chi connectivity index (χ2v) is 9.19. The van der Waals surface area contributed by atoms with Crippen molar-refractivity contribution in [3.8, 4) is 0 Å². The number of nitrogens with one attached hydrogen (secondary N) is 2. The molecule has 31 heavy (non-hydrogen) atoms. The predicted molar refractivity (Wildman–Crippen MR) is 124 cm³/mol. The summed E-state index contributed by atoms with van der Waals surface area (Å²) >= 11 is 0. The van der Waals surface area contributed by atoms with Crippen LogP contribution >= 0.6 is 0 Å². The molecule has 176 valence electrons. The lowest BCUT2D eigenvalue weighted by Crippen LogP contribution is -2.46. The maximum absolute atomic E-state index is 5.44. The van der Waals surface area contributed by atoms with Gasteiger partial charge in [-0.3, -0.25) is 9.80 Å². The van der Waals surface area contributed by atoms with E-state index < -0.39 is 0 Å². The molecule has 3 rings (SSSR count). The molecule has 2 aliphatic rings. The average molecular weight is 435 g/mol. The third-order valence-corrected chi connectivity index (χ3v) is 6.21. The summed E-state index contributed by atoms with van der Waals surface area (Å²) in [5.74, 6) is 3.37. The highest BCUT2D eigenvalue weighted by Crippen LogP contribution is 2.17. The molecule has 0 unspecified atom stereocenters. The number of morpholine rings is 1. The van der Waals surface area contributed by atoms with Crippen LogP contribution < -0.4 is 10.6 Å². The Labute approximate surface area is 187 Å². The highest BCUT2D eigenvalue weighted by Gasteiger charge is 2.24. The molecule has 0 amide bonds. The summed E-state index contributed by atoms with van der Waals surface area (Å²) in [6.45, 7) is 16.2. The summed E-state index contributed by atoms with van der Waals surface area (Å²) in [4.78, 5) is 9.92. The molecule has 2 saturated heterocycles. The topological polar surface area (TPSA) is 82.8 Å². The predicted octanol–water partition coefficient (Wildman–Crippen LogP) is 1.00. The molecule has 9 nitrogen and oxygen atoms in total. The van der Waals surface area contributed by atoms with Crippen molar-refractivity contribution in [1.29, 1.82) is 0 Å². The molecule has 0 aliphatic carbocycles. The summed E-state index contributed by atoms with van der Waals surface area (Å²) in [5, 5.41) is 15.5. The van der Waals surface area contributed by atoms with Crippen LogP contribution in [-0.2, 0) is 18.3 Å². The van der Waals surface area contributed by atoms with Gasteiger partial charge in [0.05, 0.1) is 13.2 Å². The maximum Gasteiger partial charge on any atom is 0.191 e. The first-order chi connectivity index (χ1) is 15.0. The van der Waals surface area contributed by atoms with Crippen molar-refractivity contribution < 1.29 is 4.74 Å². The highest BCUT2D eigenvalue weighted by atomic mass is 16.5. The lowest BCUT2D eigenvalue weighted by Gasteiger charge is -2.27. The molecule has 1 aromatic heterocycles. The summed E-state index contributed by atoms with van der Waals surface area (Å²) in [5.41, 5.74) is 0. The SMILES string of the molecule is Cc1nnc(CN=C(NCCCN2CCOCC2)NC[C@H]2CCCN2CC(C)C)n1C. The van der Waals surface area contributed by atoms with Gasteiger partial charge in [0.1, 0.15) is 12.4 Å². The largest absolute Gasteiger partial charge is 0.379 e. The summed E-state index contributed by atoms with van der Waals surface area (Å²) in [6.07, 6.45) is 3.63. The van der Waals surface area contributed by atoms with E-state index in [9.17, 15) is 0 Å². The highest BCUT2D eigenvalue weighted by molar-refractivity contribution is 5.79. The summed E-state index contributed by atoms with van der Waals surface area (Å²) in [6, 6.07) is 0.583. The van der Waals surface area contributed by atoms with E-state index in [0.717, 1.165) is 70.0 Å². The van der Waals surface area contributed by atoms with E-state index in [2.05, 4.69) is 44.5 Å². The van der Waals surface area contributed by atoms with Gasteiger partial charge in [0.25, 0.3) is 0 Å². The van der Waals surface area contributed by atoms with Gasteiger partial charge < -0.3 is 19.9 Å². The Hall–Kier alpha value is -1.71. The molecule has 0 radical (unpaired) electrons. The first-order valence-corrected chi connectivity index (χ1v) is 11.9. The number of ether oxygens (including phenoxy) is 1. The minimum absolute atomic E-state index is 0.524. The van der Waals surface area contributed by atoms with Gasteiger partial charge in [-0.15, -0.1) is 10.2 Å². The minimum atomic E-state index is 0.524. The third-order valence-electron chi connectivity index (χ3n) is 6.21. The van der Waals surface area contributed by atoms with E-state index in [4.69, 9.17) is 9.73 Å². The molecule has 1 atom stereocenters. The number of likely N-dealkylation sites (tertiary alicyclic amines) is 1. The Kier molecular flexibility index (Phi) is 9.54. The smallest absolute Gasteiger partial charge is 0.191 e. The number of aryl methyl sites for hydroxylation is 1. The lowest BCUT2D eigenvalue weighted by atomic mass is 10.1. The van der Waals surface area contributed by atoms with E-state index >= 15 is 0 Å². The minimum Gasteiger partial charge on any atom is -0.379 e. The number of hydrogen-bond donors (Lipinski definition) is 2. The van der Waals surface area contributed by atoms with Crippen molar-refractivity contribution in [2.24, 2.45) is 18.0 Å². The molecule has 9 heteroatoms. The van der Waals surface area contributed by atoms with Crippen LogP contribution in [0, 0.1) is 12.8 Å². The van der Waals surface area contributed by atoms with Crippen molar-refractivity contribution in [3.05, 3.63) is 11.6 Å². The van der Waals surface area contributed by atoms with Crippen LogP contribution in [0.2, 0.25) is 0 Å². The monoisotopic (exact) mass is 434 g/mol. The van der Waals surface area contributed by atoms with Crippen molar-refractivity contribution in [2.75, 3.05) is 59.0 Å². The Morgan fingerprint density at radius 3 is 2.71 bits per heavy atom. The second kappa shape index (κ2) is 12.4. The fourth-order valence-electron chi connectivity index (χ4n) is 4.30. The third kappa shape index (κ3) is 7.73. The van der Waals surface area contributed by atoms with Crippen LogP contribution in [0.4, 0.5) is 0 Å². The second-order valence-electron chi connectivity index (χ2n) is 9.19. The van der Waals surface area contributed by atoms with Crippen LogP contribution in [-0.4, -0.2) is 95.6 Å². The number of hydrogen-bond acceptors (Lipinski definition) is 6. The molecule has 2 aliphatic heterocycles. The van der Waals surface area contributed by atoms with Crippen molar-refractivity contribution in [1.82, 2.24) is 35.2 Å². The molecular weight excluding hydrogens is 392 g/mol. The summed E-state index contributed by atoms with van der Waals surface area (Å²) in [7, 11) is 1.99. The Morgan fingerprint density at radius 2 is 2.00 bits per heavy atom. The molecule has 0 spiro atoms. The summed E-state index contributed by atoms with van der Waals surface area (Å²) < 4.78 is 7.44. The normalized spacial score (nSPS) is 21.2. The first-order valence-electron chi connectivity index (χ1n) is 11.9. The van der Waals surface area contributed by atoms with Gasteiger partial charge >= 0.3 is 0 Å². The molecule has 2 N–H and O–H groups in total. The maximum atomic E-state index is 5.44. The zero-order valence-corrected chi connectivity index (χ0v) is 19.9. The van der Waals surface area contributed by atoms with Gasteiger partial charge in [-0.1, -0.05) is 13.8 Å². The lowest BCUT2D eigenvalue weighted by molar-refractivity contribution is 0.0376. The van der Waals surface area contributed by atoms with E-state index in [1.807, 2.05) is 18.5 Å². The number of guanidine groups is 1. The number of aliphatic imine (C=N–C) groups is 1. The van der Waals surface area contributed by atoms with Gasteiger partial charge in [0.2, 0.25) is 0 Å². The van der Waals surface area contributed by atoms with Crippen LogP contribution in [0.15, 0.2) is 4.99 Å². The van der Waals surface area contributed by atoms with E-state index in [1.165, 1.54) is 25.9 Å². The van der Waals surface area contributed by atoms with Crippen molar-refractivity contribution in [3.63, 3.8) is 0 Å². The van der Waals surface area contributed by atoms with Gasteiger partial charge in [-0.2, -0.15) is 0 Å². The number of aromatic nitrogens is 3. The fraction of sp³-hybridized carbons (Fsp3) is 0.864. The van der Waals surface area contributed by atoms with Crippen LogP contribution in [0.3, 0.4) is 0 Å². The Bertz CT molecular complexity index is 683. The Morgan fingerprint density at radius 1 is 1.19 bits per heavy atom. The van der Waals surface area contributed by atoms with Crippen LogP contribution in [0.25, 0.3) is 0 Å². The van der Waals surface area contributed by atoms with Crippen molar-refractivity contribution in [2.45, 2.75) is 52.6 Å². The van der Waals surface area contributed by atoms with Crippen molar-refractivity contribution >= 4 is 5.96 Å². The molecule has 3 heterocycles. The van der Waals surface area contributed by atoms with E-state index in [-0.39, 0.29) is 0 Å². The number of rotatable bonds is 10. The average Bonchev–Trinajstić information content (AvgIpc) is 3.33. The van der Waals surface area contributed by atoms with Crippen LogP contribution in [0.5, 0.6) is 0 Å². The Balaban J connectivity index is 1.51. The van der Waals surface area contributed by atoms with Gasteiger partial charge in [0.15, 0.2) is 11.8 Å². The van der Waals surface area contributed by atoms with Gasteiger partial charge in [-0.05, 0) is 45.2 Å². The fourth-order valence-corrected chi connectivity index (χ4v) is 4.30. The molecule has 0 saturated carbocycles. The molecular formula is C22H42N8O.